The van der Waals surface area contributed by atoms with Crippen LogP contribution in [0, 0.1) is 0 Å². The van der Waals surface area contributed by atoms with Gasteiger partial charge in [-0.25, -0.2) is 0 Å². The zero-order valence-electron chi connectivity index (χ0n) is 11.2. The van der Waals surface area contributed by atoms with E-state index in [-0.39, 0.29) is 5.91 Å². The number of hydrogen-bond donors (Lipinski definition) is 2. The number of nitrogen functional groups attached to an aromatic ring is 1. The molecule has 0 radical (unpaired) electrons. The molecule has 0 aromatic heterocycles. The predicted molar refractivity (Wildman–Crippen MR) is 79.3 cm³/mol. The number of amides is 1. The number of carbonyl (C=O) groups is 1. The first-order valence-electron chi connectivity index (χ1n) is 6.33. The van der Waals surface area contributed by atoms with Crippen LogP contribution >= 0.6 is 0 Å². The van der Waals surface area contributed by atoms with Gasteiger partial charge in [-0.3, -0.25) is 4.79 Å². The van der Waals surface area contributed by atoms with Gasteiger partial charge in [-0.1, -0.05) is 38.1 Å². The summed E-state index contributed by atoms with van der Waals surface area (Å²) < 4.78 is 0. The molecule has 0 bridgehead atoms. The fourth-order valence-electron chi connectivity index (χ4n) is 1.99. The summed E-state index contributed by atoms with van der Waals surface area (Å²) in [4.78, 5) is 12.2. The maximum absolute atomic E-state index is 12.2. The highest BCUT2D eigenvalue weighted by molar-refractivity contribution is 6.05. The summed E-state index contributed by atoms with van der Waals surface area (Å²) in [7, 11) is 0. The van der Waals surface area contributed by atoms with E-state index in [0.717, 1.165) is 11.3 Å². The van der Waals surface area contributed by atoms with E-state index in [1.807, 2.05) is 24.3 Å². The number of anilines is 2. The lowest BCUT2D eigenvalue weighted by Crippen LogP contribution is -2.13. The van der Waals surface area contributed by atoms with E-state index in [9.17, 15) is 4.79 Å². The van der Waals surface area contributed by atoms with Gasteiger partial charge in [0, 0.05) is 16.9 Å². The Morgan fingerprint density at radius 3 is 2.53 bits per heavy atom. The number of benzene rings is 2. The zero-order chi connectivity index (χ0) is 13.8. The highest BCUT2D eigenvalue weighted by atomic mass is 16.1. The first kappa shape index (κ1) is 13.1. The van der Waals surface area contributed by atoms with Gasteiger partial charge in [0.15, 0.2) is 0 Å². The summed E-state index contributed by atoms with van der Waals surface area (Å²) in [5, 5.41) is 2.94. The molecule has 0 saturated heterocycles. The van der Waals surface area contributed by atoms with Gasteiger partial charge >= 0.3 is 0 Å². The molecule has 2 aromatic rings. The molecule has 0 unspecified atom stereocenters. The monoisotopic (exact) mass is 254 g/mol. The van der Waals surface area contributed by atoms with Crippen molar-refractivity contribution in [3.8, 4) is 0 Å². The Bertz CT molecular complexity index is 591. The lowest BCUT2D eigenvalue weighted by Gasteiger charge is -2.13. The Labute approximate surface area is 113 Å². The third kappa shape index (κ3) is 3.13. The van der Waals surface area contributed by atoms with Crippen molar-refractivity contribution in [3.63, 3.8) is 0 Å². The molecule has 2 aromatic carbocycles. The summed E-state index contributed by atoms with van der Waals surface area (Å²) in [6.45, 7) is 4.21. The summed E-state index contributed by atoms with van der Waals surface area (Å²) >= 11 is 0. The summed E-state index contributed by atoms with van der Waals surface area (Å²) in [6, 6.07) is 14.8. The quantitative estimate of drug-likeness (QED) is 0.821. The van der Waals surface area contributed by atoms with Crippen molar-refractivity contribution < 1.29 is 4.79 Å². The molecule has 1 amide bonds. The Morgan fingerprint density at radius 1 is 1.11 bits per heavy atom. The molecule has 0 aliphatic heterocycles. The molecule has 0 fully saturated rings. The van der Waals surface area contributed by atoms with Gasteiger partial charge in [0.2, 0.25) is 0 Å². The van der Waals surface area contributed by atoms with Crippen LogP contribution in [0.4, 0.5) is 11.4 Å². The molecule has 0 atom stereocenters. The lowest BCUT2D eigenvalue weighted by atomic mass is 10.0. The topological polar surface area (TPSA) is 55.1 Å². The van der Waals surface area contributed by atoms with E-state index in [1.54, 1.807) is 24.3 Å². The smallest absolute Gasteiger partial charge is 0.255 e. The third-order valence-electron chi connectivity index (χ3n) is 2.98. The second kappa shape index (κ2) is 5.57. The minimum Gasteiger partial charge on any atom is -0.399 e. The van der Waals surface area contributed by atoms with Crippen LogP contribution in [0.1, 0.15) is 35.7 Å². The molecule has 3 nitrogen and oxygen atoms in total. The standard InChI is InChI=1S/C16H18N2O/c1-11(2)14-8-3-4-9-15(14)18-16(19)12-6-5-7-13(17)10-12/h3-11H,17H2,1-2H3,(H,18,19). The van der Waals surface area contributed by atoms with Crippen LogP contribution in [0.2, 0.25) is 0 Å². The average Bonchev–Trinajstić information content (AvgIpc) is 2.39. The van der Waals surface area contributed by atoms with Gasteiger partial charge in [-0.15, -0.1) is 0 Å². The number of para-hydroxylation sites is 1. The van der Waals surface area contributed by atoms with Crippen molar-refractivity contribution >= 4 is 17.3 Å². The molecule has 2 rings (SSSR count). The summed E-state index contributed by atoms with van der Waals surface area (Å²) in [5.74, 6) is 0.220. The van der Waals surface area contributed by atoms with Crippen LogP contribution in [0.5, 0.6) is 0 Å². The molecular weight excluding hydrogens is 236 g/mol. The van der Waals surface area contributed by atoms with E-state index < -0.39 is 0 Å². The summed E-state index contributed by atoms with van der Waals surface area (Å²) in [5.41, 5.74) is 8.82. The zero-order valence-corrected chi connectivity index (χ0v) is 11.2. The van der Waals surface area contributed by atoms with E-state index in [1.165, 1.54) is 0 Å². The highest BCUT2D eigenvalue weighted by Crippen LogP contribution is 2.24. The maximum atomic E-state index is 12.2. The number of nitrogens with two attached hydrogens (primary N) is 1. The van der Waals surface area contributed by atoms with Crippen molar-refractivity contribution in [1.29, 1.82) is 0 Å². The Kier molecular flexibility index (Phi) is 3.85. The Morgan fingerprint density at radius 2 is 1.84 bits per heavy atom. The lowest BCUT2D eigenvalue weighted by molar-refractivity contribution is 0.102. The fraction of sp³-hybridized carbons (Fsp3) is 0.188. The Balaban J connectivity index is 2.24. The van der Waals surface area contributed by atoms with Crippen LogP contribution in [0.3, 0.4) is 0 Å². The molecule has 3 heteroatoms. The normalized spacial score (nSPS) is 10.5. The molecule has 0 saturated carbocycles. The van der Waals surface area contributed by atoms with E-state index >= 15 is 0 Å². The first-order chi connectivity index (χ1) is 9.08. The van der Waals surface area contributed by atoms with Gasteiger partial charge in [-0.05, 0) is 35.7 Å². The van der Waals surface area contributed by atoms with Crippen LogP contribution in [-0.2, 0) is 0 Å². The van der Waals surface area contributed by atoms with Crippen molar-refractivity contribution in [2.75, 3.05) is 11.1 Å². The summed E-state index contributed by atoms with van der Waals surface area (Å²) in [6.07, 6.45) is 0. The molecule has 19 heavy (non-hydrogen) atoms. The fourth-order valence-corrected chi connectivity index (χ4v) is 1.99. The van der Waals surface area contributed by atoms with Crippen LogP contribution < -0.4 is 11.1 Å². The minimum absolute atomic E-state index is 0.139. The van der Waals surface area contributed by atoms with Gasteiger partial charge in [0.1, 0.15) is 0 Å². The average molecular weight is 254 g/mol. The third-order valence-corrected chi connectivity index (χ3v) is 2.98. The molecule has 0 aliphatic carbocycles. The molecule has 98 valence electrons. The van der Waals surface area contributed by atoms with Gasteiger partial charge < -0.3 is 11.1 Å². The minimum atomic E-state index is -0.139. The van der Waals surface area contributed by atoms with Gasteiger partial charge in [0.25, 0.3) is 5.91 Å². The highest BCUT2D eigenvalue weighted by Gasteiger charge is 2.10. The molecule has 0 aliphatic rings. The van der Waals surface area contributed by atoms with Crippen molar-refractivity contribution in [2.24, 2.45) is 0 Å². The number of carbonyl (C=O) groups excluding carboxylic acids is 1. The second-order valence-corrected chi connectivity index (χ2v) is 4.82. The van der Waals surface area contributed by atoms with E-state index in [0.29, 0.717) is 17.2 Å². The van der Waals surface area contributed by atoms with Gasteiger partial charge in [-0.2, -0.15) is 0 Å². The first-order valence-corrected chi connectivity index (χ1v) is 6.33. The van der Waals surface area contributed by atoms with Crippen LogP contribution in [0.25, 0.3) is 0 Å². The van der Waals surface area contributed by atoms with Crippen molar-refractivity contribution in [3.05, 3.63) is 59.7 Å². The molecule has 0 heterocycles. The van der Waals surface area contributed by atoms with Gasteiger partial charge in [0.05, 0.1) is 0 Å². The van der Waals surface area contributed by atoms with Crippen molar-refractivity contribution in [2.45, 2.75) is 19.8 Å². The molecular formula is C16H18N2O. The van der Waals surface area contributed by atoms with Crippen LogP contribution in [0.15, 0.2) is 48.5 Å². The van der Waals surface area contributed by atoms with E-state index in [2.05, 4.69) is 19.2 Å². The molecule has 3 N–H and O–H groups in total. The van der Waals surface area contributed by atoms with Crippen LogP contribution in [-0.4, -0.2) is 5.91 Å². The number of nitrogens with one attached hydrogen (secondary N) is 1. The van der Waals surface area contributed by atoms with E-state index in [4.69, 9.17) is 5.73 Å². The SMILES string of the molecule is CC(C)c1ccccc1NC(=O)c1cccc(N)c1. The Hall–Kier alpha value is -2.29. The number of rotatable bonds is 3. The van der Waals surface area contributed by atoms with Crippen molar-refractivity contribution in [1.82, 2.24) is 0 Å². The number of hydrogen-bond acceptors (Lipinski definition) is 2. The largest absolute Gasteiger partial charge is 0.399 e. The predicted octanol–water partition coefficient (Wildman–Crippen LogP) is 3.64. The maximum Gasteiger partial charge on any atom is 0.255 e. The second-order valence-electron chi connectivity index (χ2n) is 4.82. The molecule has 0 spiro atoms.